The maximum absolute atomic E-state index is 13.2. The summed E-state index contributed by atoms with van der Waals surface area (Å²) in [6.07, 6.45) is 0.381. The Balaban J connectivity index is 2.28. The molecule has 1 atom stereocenters. The van der Waals surface area contributed by atoms with Crippen molar-refractivity contribution < 1.29 is 14.3 Å². The predicted molar refractivity (Wildman–Crippen MR) is 67.9 cm³/mol. The van der Waals surface area contributed by atoms with Gasteiger partial charge in [0, 0.05) is 12.1 Å². The van der Waals surface area contributed by atoms with Crippen LogP contribution in [0.5, 0.6) is 0 Å². The lowest BCUT2D eigenvalue weighted by Gasteiger charge is -2.32. The van der Waals surface area contributed by atoms with Gasteiger partial charge in [0.1, 0.15) is 5.82 Å². The summed E-state index contributed by atoms with van der Waals surface area (Å²) in [7, 11) is 0. The molecule has 1 aromatic carbocycles. The zero-order chi connectivity index (χ0) is 13.3. The summed E-state index contributed by atoms with van der Waals surface area (Å²) >= 11 is 0. The number of aryl methyl sites for hydroxylation is 1. The van der Waals surface area contributed by atoms with E-state index in [-0.39, 0.29) is 24.2 Å². The van der Waals surface area contributed by atoms with E-state index >= 15 is 0 Å². The van der Waals surface area contributed by atoms with Crippen LogP contribution in [-0.4, -0.2) is 23.7 Å². The van der Waals surface area contributed by atoms with Crippen LogP contribution in [0.3, 0.4) is 0 Å². The molecule has 0 radical (unpaired) electrons. The Morgan fingerprint density at radius 2 is 2.11 bits per heavy atom. The number of amides is 1. The summed E-state index contributed by atoms with van der Waals surface area (Å²) in [5, 5.41) is 9.91. The number of carbonyl (C=O) groups is 1. The number of hydrogen-bond donors (Lipinski definition) is 1. The summed E-state index contributed by atoms with van der Waals surface area (Å²) in [6.45, 7) is 4.09. The molecule has 1 unspecified atom stereocenters. The van der Waals surface area contributed by atoms with Crippen LogP contribution in [0.4, 0.5) is 10.1 Å². The second kappa shape index (κ2) is 5.06. The zero-order valence-electron chi connectivity index (χ0n) is 10.7. The molecule has 2 rings (SSSR count). The lowest BCUT2D eigenvalue weighted by Crippen LogP contribution is -2.42. The first-order chi connectivity index (χ1) is 8.49. The van der Waals surface area contributed by atoms with Gasteiger partial charge < -0.3 is 10.0 Å². The van der Waals surface area contributed by atoms with Crippen molar-refractivity contribution in [1.29, 1.82) is 0 Å². The summed E-state index contributed by atoms with van der Waals surface area (Å²) in [5.41, 5.74) is 1.57. The number of anilines is 1. The largest absolute Gasteiger partial charge is 0.391 e. The number of aliphatic hydroxyl groups is 1. The minimum absolute atomic E-state index is 0.00573. The van der Waals surface area contributed by atoms with E-state index in [4.69, 9.17) is 0 Å². The molecule has 18 heavy (non-hydrogen) atoms. The first-order valence-corrected chi connectivity index (χ1v) is 6.26. The van der Waals surface area contributed by atoms with E-state index in [1.807, 2.05) is 13.8 Å². The molecule has 98 valence electrons. The summed E-state index contributed by atoms with van der Waals surface area (Å²) in [4.78, 5) is 13.5. The van der Waals surface area contributed by atoms with Gasteiger partial charge in [0.25, 0.3) is 0 Å². The van der Waals surface area contributed by atoms with Crippen LogP contribution in [0.15, 0.2) is 18.2 Å². The fraction of sp³-hybridized carbons (Fsp3) is 0.500. The number of benzene rings is 1. The number of halogens is 1. The number of hydrogen-bond acceptors (Lipinski definition) is 2. The molecule has 1 aliphatic heterocycles. The van der Waals surface area contributed by atoms with E-state index in [0.717, 1.165) is 11.3 Å². The molecular formula is C14H18FNO2. The fourth-order valence-electron chi connectivity index (χ4n) is 2.13. The van der Waals surface area contributed by atoms with Crippen LogP contribution in [-0.2, 0) is 11.2 Å². The summed E-state index contributed by atoms with van der Waals surface area (Å²) < 4.78 is 13.2. The van der Waals surface area contributed by atoms with Gasteiger partial charge in [-0.2, -0.15) is 0 Å². The molecule has 1 heterocycles. The van der Waals surface area contributed by atoms with Crippen molar-refractivity contribution in [1.82, 2.24) is 0 Å². The van der Waals surface area contributed by atoms with Gasteiger partial charge in [-0.05, 0) is 36.1 Å². The standard InChI is InChI=1S/C14H18FNO2/c1-9(2)13(17)8-16-12-5-4-11(15)7-10(12)3-6-14(16)18/h4-5,7,9,13,17H,3,6,8H2,1-2H3. The highest BCUT2D eigenvalue weighted by Crippen LogP contribution is 2.29. The van der Waals surface area contributed by atoms with Gasteiger partial charge in [0.15, 0.2) is 0 Å². The lowest BCUT2D eigenvalue weighted by molar-refractivity contribution is -0.119. The molecule has 0 bridgehead atoms. The predicted octanol–water partition coefficient (Wildman–Crippen LogP) is 2.12. The number of fused-ring (bicyclic) bond motifs is 1. The van der Waals surface area contributed by atoms with Crippen molar-refractivity contribution in [2.45, 2.75) is 32.8 Å². The smallest absolute Gasteiger partial charge is 0.227 e. The third-order valence-corrected chi connectivity index (χ3v) is 3.38. The van der Waals surface area contributed by atoms with Crippen LogP contribution in [0.25, 0.3) is 0 Å². The number of nitrogens with zero attached hydrogens (tertiary/aromatic N) is 1. The number of aliphatic hydroxyl groups excluding tert-OH is 1. The Bertz CT molecular complexity index is 459. The number of rotatable bonds is 3. The van der Waals surface area contributed by atoms with Gasteiger partial charge in [-0.1, -0.05) is 13.8 Å². The minimum atomic E-state index is -0.565. The molecule has 0 spiro atoms. The molecule has 0 aliphatic carbocycles. The first kappa shape index (κ1) is 13.0. The monoisotopic (exact) mass is 251 g/mol. The maximum Gasteiger partial charge on any atom is 0.227 e. The van der Waals surface area contributed by atoms with E-state index < -0.39 is 6.10 Å². The van der Waals surface area contributed by atoms with Crippen LogP contribution in [0.2, 0.25) is 0 Å². The van der Waals surface area contributed by atoms with Crippen LogP contribution in [0, 0.1) is 11.7 Å². The highest BCUT2D eigenvalue weighted by Gasteiger charge is 2.26. The molecule has 0 aromatic heterocycles. The Kier molecular flexibility index (Phi) is 3.66. The van der Waals surface area contributed by atoms with Crippen LogP contribution < -0.4 is 4.90 Å². The van der Waals surface area contributed by atoms with E-state index in [2.05, 4.69) is 0 Å². The first-order valence-electron chi connectivity index (χ1n) is 6.26. The van der Waals surface area contributed by atoms with Crippen molar-refractivity contribution in [2.24, 2.45) is 5.92 Å². The zero-order valence-corrected chi connectivity index (χ0v) is 10.7. The van der Waals surface area contributed by atoms with Gasteiger partial charge in [-0.15, -0.1) is 0 Å². The molecule has 3 nitrogen and oxygen atoms in total. The average molecular weight is 251 g/mol. The molecule has 1 aliphatic rings. The lowest BCUT2D eigenvalue weighted by atomic mass is 9.99. The molecule has 0 fully saturated rings. The normalized spacial score (nSPS) is 16.9. The van der Waals surface area contributed by atoms with Crippen molar-refractivity contribution in [3.8, 4) is 0 Å². The second-order valence-corrected chi connectivity index (χ2v) is 5.09. The topological polar surface area (TPSA) is 40.5 Å². The third kappa shape index (κ3) is 2.53. The van der Waals surface area contributed by atoms with Gasteiger partial charge in [0.05, 0.1) is 12.6 Å². The van der Waals surface area contributed by atoms with E-state index in [1.165, 1.54) is 12.1 Å². The number of β-amino-alcohol motifs (C(OH)–C–C–N with tert-alkyl or cyclic N) is 1. The van der Waals surface area contributed by atoms with Crippen molar-refractivity contribution in [3.05, 3.63) is 29.6 Å². The summed E-state index contributed by atoms with van der Waals surface area (Å²) in [6, 6.07) is 4.44. The van der Waals surface area contributed by atoms with Gasteiger partial charge in [0.2, 0.25) is 5.91 Å². The van der Waals surface area contributed by atoms with E-state index in [1.54, 1.807) is 11.0 Å². The molecule has 1 aromatic rings. The maximum atomic E-state index is 13.2. The Labute approximate surface area is 106 Å². The molecule has 0 saturated carbocycles. The van der Waals surface area contributed by atoms with Crippen molar-refractivity contribution in [3.63, 3.8) is 0 Å². The highest BCUT2D eigenvalue weighted by atomic mass is 19.1. The van der Waals surface area contributed by atoms with Crippen LogP contribution >= 0.6 is 0 Å². The molecule has 1 N–H and O–H groups in total. The third-order valence-electron chi connectivity index (χ3n) is 3.38. The van der Waals surface area contributed by atoms with E-state index in [0.29, 0.717) is 12.8 Å². The van der Waals surface area contributed by atoms with Crippen molar-refractivity contribution in [2.75, 3.05) is 11.4 Å². The van der Waals surface area contributed by atoms with Crippen molar-refractivity contribution >= 4 is 11.6 Å². The molecule has 1 amide bonds. The number of carbonyl (C=O) groups excluding carboxylic acids is 1. The molecule has 0 saturated heterocycles. The van der Waals surface area contributed by atoms with Gasteiger partial charge >= 0.3 is 0 Å². The summed E-state index contributed by atoms with van der Waals surface area (Å²) in [5.74, 6) is -0.204. The molecule has 4 heteroatoms. The highest BCUT2D eigenvalue weighted by molar-refractivity contribution is 5.96. The Morgan fingerprint density at radius 3 is 2.78 bits per heavy atom. The minimum Gasteiger partial charge on any atom is -0.391 e. The fourth-order valence-corrected chi connectivity index (χ4v) is 2.13. The van der Waals surface area contributed by atoms with Crippen LogP contribution in [0.1, 0.15) is 25.8 Å². The Morgan fingerprint density at radius 1 is 1.39 bits per heavy atom. The Hall–Kier alpha value is -1.42. The van der Waals surface area contributed by atoms with Gasteiger partial charge in [-0.3, -0.25) is 4.79 Å². The molecular weight excluding hydrogens is 233 g/mol. The van der Waals surface area contributed by atoms with E-state index in [9.17, 15) is 14.3 Å². The quantitative estimate of drug-likeness (QED) is 0.894. The second-order valence-electron chi connectivity index (χ2n) is 5.09. The average Bonchev–Trinajstić information content (AvgIpc) is 2.32. The van der Waals surface area contributed by atoms with Gasteiger partial charge in [-0.25, -0.2) is 4.39 Å². The SMILES string of the molecule is CC(C)C(O)CN1C(=O)CCc2cc(F)ccc21.